The molecular formula is C21H26N2O2. The van der Waals surface area contributed by atoms with Gasteiger partial charge in [-0.15, -0.1) is 0 Å². The van der Waals surface area contributed by atoms with Crippen molar-refractivity contribution in [1.82, 2.24) is 4.90 Å². The number of ether oxygens (including phenoxy) is 1. The normalized spacial score (nSPS) is 17.0. The maximum atomic E-state index is 12.1. The minimum atomic E-state index is -0.369. The molecule has 25 heavy (non-hydrogen) atoms. The van der Waals surface area contributed by atoms with E-state index in [0.717, 1.165) is 31.6 Å². The Morgan fingerprint density at radius 3 is 2.76 bits per heavy atom. The molecule has 2 aromatic rings. The first-order chi connectivity index (χ1) is 12.2. The van der Waals surface area contributed by atoms with E-state index in [1.54, 1.807) is 0 Å². The predicted octanol–water partition coefficient (Wildman–Crippen LogP) is 4.61. The summed E-state index contributed by atoms with van der Waals surface area (Å²) < 4.78 is 5.25. The Balaban J connectivity index is 1.85. The van der Waals surface area contributed by atoms with E-state index in [0.29, 0.717) is 12.5 Å². The van der Waals surface area contributed by atoms with Crippen LogP contribution in [0, 0.1) is 0 Å². The van der Waals surface area contributed by atoms with Crippen molar-refractivity contribution in [3.05, 3.63) is 65.2 Å². The molecule has 2 aromatic carbocycles. The number of hydrogen-bond donors (Lipinski definition) is 1. The van der Waals surface area contributed by atoms with E-state index in [4.69, 9.17) is 4.74 Å². The molecule has 1 heterocycles. The number of unbranched alkanes of at least 4 members (excludes halogenated alkanes) is 1. The number of nitrogens with one attached hydrogen (secondary N) is 1. The summed E-state index contributed by atoms with van der Waals surface area (Å²) in [4.78, 5) is 14.4. The molecule has 1 amide bonds. The van der Waals surface area contributed by atoms with Gasteiger partial charge in [0.25, 0.3) is 0 Å². The van der Waals surface area contributed by atoms with Gasteiger partial charge in [-0.3, -0.25) is 5.32 Å². The summed E-state index contributed by atoms with van der Waals surface area (Å²) in [5.74, 6) is 0.313. The van der Waals surface area contributed by atoms with Gasteiger partial charge in [-0.2, -0.15) is 0 Å². The number of likely N-dealkylation sites (N-methyl/N-ethyl adjacent to an activating group) is 1. The van der Waals surface area contributed by atoms with Crippen molar-refractivity contribution in [3.8, 4) is 0 Å². The van der Waals surface area contributed by atoms with Gasteiger partial charge in [0.2, 0.25) is 0 Å². The molecule has 0 saturated heterocycles. The molecule has 4 nitrogen and oxygen atoms in total. The molecule has 1 unspecified atom stereocenters. The van der Waals surface area contributed by atoms with Gasteiger partial charge in [0.1, 0.15) is 0 Å². The minimum absolute atomic E-state index is 0.313. The molecule has 0 bridgehead atoms. The first-order valence-corrected chi connectivity index (χ1v) is 8.98. The molecule has 1 aliphatic rings. The fourth-order valence-corrected chi connectivity index (χ4v) is 3.39. The van der Waals surface area contributed by atoms with Gasteiger partial charge in [-0.25, -0.2) is 4.79 Å². The van der Waals surface area contributed by atoms with Crippen LogP contribution in [0.4, 0.5) is 10.5 Å². The van der Waals surface area contributed by atoms with Gasteiger partial charge in [0, 0.05) is 24.7 Å². The van der Waals surface area contributed by atoms with Crippen LogP contribution in [-0.4, -0.2) is 31.2 Å². The van der Waals surface area contributed by atoms with E-state index in [1.165, 1.54) is 16.7 Å². The van der Waals surface area contributed by atoms with Gasteiger partial charge < -0.3 is 9.64 Å². The van der Waals surface area contributed by atoms with Gasteiger partial charge in [0.05, 0.1) is 6.61 Å². The molecule has 1 aliphatic heterocycles. The molecule has 132 valence electrons. The van der Waals surface area contributed by atoms with Crippen LogP contribution >= 0.6 is 0 Å². The number of carbonyl (C=O) groups is 1. The summed E-state index contributed by atoms with van der Waals surface area (Å²) in [6.07, 6.45) is 1.53. The van der Waals surface area contributed by atoms with E-state index in [-0.39, 0.29) is 6.09 Å². The summed E-state index contributed by atoms with van der Waals surface area (Å²) in [6.45, 7) is 4.34. The predicted molar refractivity (Wildman–Crippen MR) is 101 cm³/mol. The third-order valence-electron chi connectivity index (χ3n) is 4.68. The number of amides is 1. The lowest BCUT2D eigenvalue weighted by Crippen LogP contribution is -2.32. The Kier molecular flexibility index (Phi) is 5.71. The fourth-order valence-electron chi connectivity index (χ4n) is 3.39. The van der Waals surface area contributed by atoms with Crippen molar-refractivity contribution in [1.29, 1.82) is 0 Å². The third kappa shape index (κ3) is 4.20. The van der Waals surface area contributed by atoms with Crippen LogP contribution in [0.3, 0.4) is 0 Å². The molecule has 4 heteroatoms. The number of anilines is 1. The summed E-state index contributed by atoms with van der Waals surface area (Å²) in [7, 11) is 2.12. The number of nitrogens with zero attached hydrogens (tertiary/aromatic N) is 1. The molecule has 1 N–H and O–H groups in total. The SMILES string of the molecule is CCCCOC(=O)Nc1cccc2c1CN(C)CC2c1ccccc1. The lowest BCUT2D eigenvalue weighted by Gasteiger charge is -2.33. The standard InChI is InChI=1S/C21H26N2O2/c1-3-4-13-25-21(24)22-20-12-8-11-17-18(14-23(2)15-19(17)20)16-9-6-5-7-10-16/h5-12,18H,3-4,13-15H2,1-2H3,(H,22,24). The third-order valence-corrected chi connectivity index (χ3v) is 4.68. The van der Waals surface area contributed by atoms with Gasteiger partial charge in [-0.05, 0) is 36.2 Å². The fraction of sp³-hybridized carbons (Fsp3) is 0.381. The average molecular weight is 338 g/mol. The Hall–Kier alpha value is -2.33. The number of rotatable bonds is 5. The van der Waals surface area contributed by atoms with Crippen LogP contribution in [0.5, 0.6) is 0 Å². The van der Waals surface area contributed by atoms with E-state index in [1.807, 2.05) is 18.2 Å². The molecule has 0 fully saturated rings. The lowest BCUT2D eigenvalue weighted by atomic mass is 9.84. The number of fused-ring (bicyclic) bond motifs is 1. The monoisotopic (exact) mass is 338 g/mol. The van der Waals surface area contributed by atoms with E-state index in [2.05, 4.69) is 54.5 Å². The highest BCUT2D eigenvalue weighted by Crippen LogP contribution is 2.36. The molecule has 0 aliphatic carbocycles. The zero-order valence-electron chi connectivity index (χ0n) is 15.0. The summed E-state index contributed by atoms with van der Waals surface area (Å²) >= 11 is 0. The second-order valence-corrected chi connectivity index (χ2v) is 6.65. The van der Waals surface area contributed by atoms with Crippen LogP contribution in [0.25, 0.3) is 0 Å². The Bertz CT molecular complexity index is 715. The highest BCUT2D eigenvalue weighted by molar-refractivity contribution is 5.86. The molecule has 0 saturated carbocycles. The average Bonchev–Trinajstić information content (AvgIpc) is 2.62. The Labute approximate surface area is 149 Å². The van der Waals surface area contributed by atoms with Crippen molar-refractivity contribution in [2.75, 3.05) is 25.5 Å². The summed E-state index contributed by atoms with van der Waals surface area (Å²) in [5, 5.41) is 2.93. The number of benzene rings is 2. The highest BCUT2D eigenvalue weighted by Gasteiger charge is 2.26. The van der Waals surface area contributed by atoms with E-state index >= 15 is 0 Å². The zero-order chi connectivity index (χ0) is 17.6. The second-order valence-electron chi connectivity index (χ2n) is 6.65. The van der Waals surface area contributed by atoms with Crippen molar-refractivity contribution in [2.24, 2.45) is 0 Å². The van der Waals surface area contributed by atoms with Crippen molar-refractivity contribution in [3.63, 3.8) is 0 Å². The topological polar surface area (TPSA) is 41.6 Å². The Morgan fingerprint density at radius 2 is 2.00 bits per heavy atom. The van der Waals surface area contributed by atoms with Crippen molar-refractivity contribution < 1.29 is 9.53 Å². The lowest BCUT2D eigenvalue weighted by molar-refractivity contribution is 0.160. The zero-order valence-corrected chi connectivity index (χ0v) is 15.0. The molecule has 0 spiro atoms. The first-order valence-electron chi connectivity index (χ1n) is 8.98. The van der Waals surface area contributed by atoms with Crippen molar-refractivity contribution >= 4 is 11.8 Å². The maximum absolute atomic E-state index is 12.1. The van der Waals surface area contributed by atoms with Crippen LogP contribution in [0.15, 0.2) is 48.5 Å². The van der Waals surface area contributed by atoms with Crippen LogP contribution in [0.1, 0.15) is 42.4 Å². The van der Waals surface area contributed by atoms with E-state index < -0.39 is 0 Å². The number of carbonyl (C=O) groups excluding carboxylic acids is 1. The Morgan fingerprint density at radius 1 is 1.20 bits per heavy atom. The molecule has 0 aromatic heterocycles. The quantitative estimate of drug-likeness (QED) is 0.809. The molecular weight excluding hydrogens is 312 g/mol. The first kappa shape index (κ1) is 17.5. The van der Waals surface area contributed by atoms with Crippen molar-refractivity contribution in [2.45, 2.75) is 32.2 Å². The smallest absolute Gasteiger partial charge is 0.411 e. The van der Waals surface area contributed by atoms with Crippen LogP contribution < -0.4 is 5.32 Å². The van der Waals surface area contributed by atoms with Crippen LogP contribution in [-0.2, 0) is 11.3 Å². The molecule has 1 atom stereocenters. The number of hydrogen-bond acceptors (Lipinski definition) is 3. The van der Waals surface area contributed by atoms with E-state index in [9.17, 15) is 4.79 Å². The molecule has 3 rings (SSSR count). The molecule has 0 radical (unpaired) electrons. The summed E-state index contributed by atoms with van der Waals surface area (Å²) in [6, 6.07) is 16.7. The van der Waals surface area contributed by atoms with Gasteiger partial charge in [0.15, 0.2) is 0 Å². The highest BCUT2D eigenvalue weighted by atomic mass is 16.5. The van der Waals surface area contributed by atoms with Gasteiger partial charge in [-0.1, -0.05) is 55.8 Å². The summed E-state index contributed by atoms with van der Waals surface area (Å²) in [5.41, 5.74) is 4.62. The van der Waals surface area contributed by atoms with Gasteiger partial charge >= 0.3 is 6.09 Å². The van der Waals surface area contributed by atoms with Crippen LogP contribution in [0.2, 0.25) is 0 Å². The second kappa shape index (κ2) is 8.17. The largest absolute Gasteiger partial charge is 0.449 e. The minimum Gasteiger partial charge on any atom is -0.449 e. The maximum Gasteiger partial charge on any atom is 0.411 e.